The molecular formula is C19H26N2O6. The summed E-state index contributed by atoms with van der Waals surface area (Å²) in [6, 6.07) is 4.83. The maximum Gasteiger partial charge on any atom is 0.407 e. The fraction of sp³-hybridized carbons (Fsp3) is 0.579. The summed E-state index contributed by atoms with van der Waals surface area (Å²) in [7, 11) is 0. The predicted octanol–water partition coefficient (Wildman–Crippen LogP) is 3.83. The molecule has 0 spiro atoms. The highest BCUT2D eigenvalue weighted by atomic mass is 16.6. The van der Waals surface area contributed by atoms with Gasteiger partial charge in [0.15, 0.2) is 0 Å². The molecule has 1 N–H and O–H groups in total. The summed E-state index contributed by atoms with van der Waals surface area (Å²) in [5.41, 5.74) is -0.484. The molecule has 1 fully saturated rings. The number of benzene rings is 1. The standard InChI is InChI=1S/C19H26N2O6/c1-12(20-18(23)27-19(2,3)4)16(13-6-5-7-13)26-17(22)14-8-10-15(11-9-14)21(24)25/h8-13,16H,5-7H2,1-4H3,(H,20,23)/t12-,16?/m0/s1. The van der Waals surface area contributed by atoms with Gasteiger partial charge in [-0.2, -0.15) is 0 Å². The molecule has 27 heavy (non-hydrogen) atoms. The molecule has 0 radical (unpaired) electrons. The van der Waals surface area contributed by atoms with Crippen LogP contribution in [0.25, 0.3) is 0 Å². The number of esters is 1. The number of non-ortho nitro benzene ring substituents is 1. The van der Waals surface area contributed by atoms with E-state index >= 15 is 0 Å². The van der Waals surface area contributed by atoms with Gasteiger partial charge in [0, 0.05) is 12.1 Å². The minimum atomic E-state index is -0.620. The molecule has 8 nitrogen and oxygen atoms in total. The van der Waals surface area contributed by atoms with E-state index < -0.39 is 34.7 Å². The molecular weight excluding hydrogens is 352 g/mol. The van der Waals surface area contributed by atoms with Crippen LogP contribution in [0.15, 0.2) is 24.3 Å². The molecule has 8 heteroatoms. The van der Waals surface area contributed by atoms with Crippen molar-refractivity contribution in [3.63, 3.8) is 0 Å². The first-order chi connectivity index (χ1) is 12.6. The van der Waals surface area contributed by atoms with Crippen molar-refractivity contribution in [3.05, 3.63) is 39.9 Å². The van der Waals surface area contributed by atoms with E-state index in [0.29, 0.717) is 0 Å². The lowest BCUT2D eigenvalue weighted by Gasteiger charge is -2.37. The number of carbonyl (C=O) groups is 2. The summed E-state index contributed by atoms with van der Waals surface area (Å²) in [5.74, 6) is -0.406. The van der Waals surface area contributed by atoms with E-state index in [1.165, 1.54) is 24.3 Å². The van der Waals surface area contributed by atoms with Crippen LogP contribution >= 0.6 is 0 Å². The van der Waals surface area contributed by atoms with Crippen LogP contribution in [0.1, 0.15) is 57.3 Å². The summed E-state index contributed by atoms with van der Waals surface area (Å²) in [5, 5.41) is 13.5. The molecule has 1 aromatic carbocycles. The average Bonchev–Trinajstić information content (AvgIpc) is 2.50. The monoisotopic (exact) mass is 378 g/mol. The Morgan fingerprint density at radius 3 is 2.26 bits per heavy atom. The lowest BCUT2D eigenvalue weighted by atomic mass is 9.79. The molecule has 1 aliphatic carbocycles. The lowest BCUT2D eigenvalue weighted by molar-refractivity contribution is -0.384. The van der Waals surface area contributed by atoms with Gasteiger partial charge < -0.3 is 14.8 Å². The average molecular weight is 378 g/mol. The molecule has 0 aliphatic heterocycles. The van der Waals surface area contributed by atoms with Gasteiger partial charge in [0.1, 0.15) is 11.7 Å². The Bertz CT molecular complexity index is 691. The topological polar surface area (TPSA) is 108 Å². The van der Waals surface area contributed by atoms with Gasteiger partial charge in [0.2, 0.25) is 0 Å². The second-order valence-corrected chi connectivity index (χ2v) is 7.80. The van der Waals surface area contributed by atoms with Crippen LogP contribution in [0.5, 0.6) is 0 Å². The van der Waals surface area contributed by atoms with Crippen LogP contribution in [-0.2, 0) is 9.47 Å². The van der Waals surface area contributed by atoms with Crippen LogP contribution in [-0.4, -0.2) is 34.7 Å². The van der Waals surface area contributed by atoms with Gasteiger partial charge in [0.25, 0.3) is 5.69 Å². The van der Waals surface area contributed by atoms with E-state index in [1.54, 1.807) is 27.7 Å². The Labute approximate surface area is 158 Å². The van der Waals surface area contributed by atoms with Crippen molar-refractivity contribution in [2.24, 2.45) is 5.92 Å². The van der Waals surface area contributed by atoms with Crippen LogP contribution in [0.4, 0.5) is 10.5 Å². The number of nitro groups is 1. The summed E-state index contributed by atoms with van der Waals surface area (Å²) in [4.78, 5) is 34.7. The highest BCUT2D eigenvalue weighted by Gasteiger charge is 2.36. The Morgan fingerprint density at radius 2 is 1.81 bits per heavy atom. The molecule has 1 aliphatic rings. The minimum absolute atomic E-state index is 0.0953. The molecule has 1 saturated carbocycles. The van der Waals surface area contributed by atoms with E-state index in [-0.39, 0.29) is 17.2 Å². The number of alkyl carbamates (subject to hydrolysis) is 1. The Hall–Kier alpha value is -2.64. The summed E-state index contributed by atoms with van der Waals surface area (Å²) >= 11 is 0. The number of rotatable bonds is 6. The van der Waals surface area contributed by atoms with Crippen molar-refractivity contribution in [1.82, 2.24) is 5.32 Å². The normalized spacial score (nSPS) is 16.6. The lowest BCUT2D eigenvalue weighted by Crippen LogP contribution is -2.49. The molecule has 0 aromatic heterocycles. The third-order valence-corrected chi connectivity index (χ3v) is 4.41. The molecule has 0 bridgehead atoms. The van der Waals surface area contributed by atoms with Crippen LogP contribution in [0.3, 0.4) is 0 Å². The first kappa shape index (κ1) is 20.7. The maximum absolute atomic E-state index is 12.5. The van der Waals surface area contributed by atoms with Crippen molar-refractivity contribution in [1.29, 1.82) is 0 Å². The second-order valence-electron chi connectivity index (χ2n) is 7.80. The molecule has 1 unspecified atom stereocenters. The summed E-state index contributed by atoms with van der Waals surface area (Å²) in [6.45, 7) is 7.09. The molecule has 0 heterocycles. The van der Waals surface area contributed by atoms with Crippen molar-refractivity contribution < 1.29 is 24.0 Å². The zero-order valence-electron chi connectivity index (χ0n) is 16.1. The smallest absolute Gasteiger partial charge is 0.407 e. The van der Waals surface area contributed by atoms with Crippen molar-refractivity contribution in [2.45, 2.75) is 64.7 Å². The first-order valence-electron chi connectivity index (χ1n) is 9.02. The van der Waals surface area contributed by atoms with Crippen LogP contribution in [0, 0.1) is 16.0 Å². The fourth-order valence-corrected chi connectivity index (χ4v) is 2.86. The van der Waals surface area contributed by atoms with Crippen molar-refractivity contribution in [3.8, 4) is 0 Å². The van der Waals surface area contributed by atoms with Gasteiger partial charge in [-0.05, 0) is 58.6 Å². The number of ether oxygens (including phenoxy) is 2. The van der Waals surface area contributed by atoms with Crippen molar-refractivity contribution in [2.75, 3.05) is 0 Å². The Morgan fingerprint density at radius 1 is 1.22 bits per heavy atom. The SMILES string of the molecule is C[C@H](NC(=O)OC(C)(C)C)C(OC(=O)c1ccc([N+](=O)[O-])cc1)C1CCC1. The summed E-state index contributed by atoms with van der Waals surface area (Å²) < 4.78 is 10.9. The molecule has 1 aromatic rings. The Balaban J connectivity index is 2.04. The molecule has 2 atom stereocenters. The predicted molar refractivity (Wildman–Crippen MR) is 98.5 cm³/mol. The number of hydrogen-bond acceptors (Lipinski definition) is 6. The largest absolute Gasteiger partial charge is 0.456 e. The van der Waals surface area contributed by atoms with Gasteiger partial charge in [0.05, 0.1) is 16.5 Å². The minimum Gasteiger partial charge on any atom is -0.456 e. The Kier molecular flexibility index (Phi) is 6.41. The number of carbonyl (C=O) groups excluding carboxylic acids is 2. The first-order valence-corrected chi connectivity index (χ1v) is 9.02. The van der Waals surface area contributed by atoms with Crippen molar-refractivity contribution >= 4 is 17.7 Å². The van der Waals surface area contributed by atoms with E-state index in [4.69, 9.17) is 9.47 Å². The van der Waals surface area contributed by atoms with Gasteiger partial charge in [-0.3, -0.25) is 10.1 Å². The highest BCUT2D eigenvalue weighted by Crippen LogP contribution is 2.33. The number of nitrogens with one attached hydrogen (secondary N) is 1. The maximum atomic E-state index is 12.5. The zero-order valence-corrected chi connectivity index (χ0v) is 16.1. The third kappa shape index (κ3) is 5.94. The van der Waals surface area contributed by atoms with Gasteiger partial charge >= 0.3 is 12.1 Å². The van der Waals surface area contributed by atoms with E-state index in [0.717, 1.165) is 19.3 Å². The van der Waals surface area contributed by atoms with E-state index in [9.17, 15) is 19.7 Å². The van der Waals surface area contributed by atoms with Gasteiger partial charge in [-0.15, -0.1) is 0 Å². The molecule has 1 amide bonds. The number of nitrogens with zero attached hydrogens (tertiary/aromatic N) is 1. The van der Waals surface area contributed by atoms with E-state index in [2.05, 4.69) is 5.32 Å². The quantitative estimate of drug-likeness (QED) is 0.458. The highest BCUT2D eigenvalue weighted by molar-refractivity contribution is 5.89. The zero-order chi connectivity index (χ0) is 20.2. The molecule has 2 rings (SSSR count). The van der Waals surface area contributed by atoms with Gasteiger partial charge in [-0.25, -0.2) is 9.59 Å². The molecule has 0 saturated heterocycles. The molecule has 148 valence electrons. The number of amides is 1. The van der Waals surface area contributed by atoms with E-state index in [1.807, 2.05) is 0 Å². The fourth-order valence-electron chi connectivity index (χ4n) is 2.86. The number of hydrogen-bond donors (Lipinski definition) is 1. The number of nitro benzene ring substituents is 1. The van der Waals surface area contributed by atoms with Gasteiger partial charge in [-0.1, -0.05) is 6.42 Å². The van der Waals surface area contributed by atoms with Crippen LogP contribution < -0.4 is 5.32 Å². The third-order valence-electron chi connectivity index (χ3n) is 4.41. The summed E-state index contributed by atoms with van der Waals surface area (Å²) in [6.07, 6.45) is 1.83. The second kappa shape index (κ2) is 8.37. The van der Waals surface area contributed by atoms with Crippen LogP contribution in [0.2, 0.25) is 0 Å².